The Balaban J connectivity index is 1.96. The molecule has 1 aromatic rings. The maximum absolute atomic E-state index is 11.6. The fraction of sp³-hybridized carbons (Fsp3) is 0.250. The lowest BCUT2D eigenvalue weighted by molar-refractivity contribution is 0.147. The molecule has 0 aromatic heterocycles. The molecule has 1 heterocycles. The van der Waals surface area contributed by atoms with Crippen molar-refractivity contribution in [2.45, 2.75) is 12.5 Å². The molecule has 1 N–H and O–H groups in total. The highest BCUT2D eigenvalue weighted by Crippen LogP contribution is 2.13. The van der Waals surface area contributed by atoms with Crippen LogP contribution in [0, 0.1) is 0 Å². The first-order valence-electron chi connectivity index (χ1n) is 5.15. The Morgan fingerprint density at radius 3 is 2.75 bits per heavy atom. The largest absolute Gasteiger partial charge is 0.419 e. The highest BCUT2D eigenvalue weighted by molar-refractivity contribution is 5.71. The Morgan fingerprint density at radius 1 is 1.38 bits per heavy atom. The molecule has 84 valence electrons. The zero-order chi connectivity index (χ0) is 11.4. The smallest absolute Gasteiger partial charge is 0.410 e. The summed E-state index contributed by atoms with van der Waals surface area (Å²) in [6.07, 6.45) is 2.80. The summed E-state index contributed by atoms with van der Waals surface area (Å²) >= 11 is 0. The van der Waals surface area contributed by atoms with E-state index < -0.39 is 12.2 Å². The molecule has 2 rings (SSSR count). The Morgan fingerprint density at radius 2 is 2.12 bits per heavy atom. The van der Waals surface area contributed by atoms with E-state index in [1.807, 2.05) is 6.07 Å². The van der Waals surface area contributed by atoms with Crippen LogP contribution in [0.1, 0.15) is 6.42 Å². The number of benzene rings is 1. The van der Waals surface area contributed by atoms with Crippen molar-refractivity contribution in [2.75, 3.05) is 6.54 Å². The van der Waals surface area contributed by atoms with Gasteiger partial charge in [-0.3, -0.25) is 4.90 Å². The topological polar surface area (TPSA) is 49.8 Å². The molecule has 0 saturated carbocycles. The summed E-state index contributed by atoms with van der Waals surface area (Å²) in [5.74, 6) is 0.520. The van der Waals surface area contributed by atoms with Gasteiger partial charge in [0, 0.05) is 12.7 Å². The molecule has 0 fully saturated rings. The molecule has 0 radical (unpaired) electrons. The Labute approximate surface area is 93.8 Å². The van der Waals surface area contributed by atoms with Gasteiger partial charge in [0.25, 0.3) is 0 Å². The molecule has 0 aliphatic carbocycles. The number of nitrogens with zero attached hydrogens (tertiary/aromatic N) is 1. The van der Waals surface area contributed by atoms with Crippen LogP contribution in [0.15, 0.2) is 42.6 Å². The fourth-order valence-electron chi connectivity index (χ4n) is 1.45. The number of ether oxygens (including phenoxy) is 1. The molecule has 1 aromatic carbocycles. The normalized spacial score (nSPS) is 19.6. The lowest BCUT2D eigenvalue weighted by Gasteiger charge is -2.22. The number of hydrogen-bond acceptors (Lipinski definition) is 3. The zero-order valence-corrected chi connectivity index (χ0v) is 8.74. The molecule has 0 bridgehead atoms. The van der Waals surface area contributed by atoms with Crippen LogP contribution in [0.2, 0.25) is 0 Å². The van der Waals surface area contributed by atoms with Crippen molar-refractivity contribution in [2.24, 2.45) is 0 Å². The first-order valence-corrected chi connectivity index (χ1v) is 5.15. The van der Waals surface area contributed by atoms with Crippen LogP contribution in [-0.4, -0.2) is 28.7 Å². The molecule has 1 atom stereocenters. The van der Waals surface area contributed by atoms with Crippen LogP contribution in [0.3, 0.4) is 0 Å². The minimum absolute atomic E-state index is 0.422. The van der Waals surface area contributed by atoms with E-state index in [1.165, 1.54) is 4.90 Å². The van der Waals surface area contributed by atoms with Crippen LogP contribution in [0.25, 0.3) is 0 Å². The summed E-state index contributed by atoms with van der Waals surface area (Å²) in [6.45, 7) is 0.476. The van der Waals surface area contributed by atoms with E-state index in [4.69, 9.17) is 4.74 Å². The summed E-state index contributed by atoms with van der Waals surface area (Å²) in [4.78, 5) is 13.1. The Bertz CT molecular complexity index is 389. The van der Waals surface area contributed by atoms with Gasteiger partial charge in [-0.15, -0.1) is 0 Å². The third-order valence-electron chi connectivity index (χ3n) is 2.34. The van der Waals surface area contributed by atoms with Crippen molar-refractivity contribution in [3.63, 3.8) is 0 Å². The van der Waals surface area contributed by atoms with Crippen molar-refractivity contribution in [3.8, 4) is 5.75 Å². The summed E-state index contributed by atoms with van der Waals surface area (Å²) in [7, 11) is 0. The predicted molar refractivity (Wildman–Crippen MR) is 58.9 cm³/mol. The maximum atomic E-state index is 11.6. The highest BCUT2D eigenvalue weighted by Gasteiger charge is 2.18. The molecule has 0 saturated heterocycles. The van der Waals surface area contributed by atoms with Crippen molar-refractivity contribution >= 4 is 6.09 Å². The van der Waals surface area contributed by atoms with Gasteiger partial charge < -0.3 is 9.84 Å². The molecular formula is C12H13NO3. The van der Waals surface area contributed by atoms with Crippen LogP contribution in [-0.2, 0) is 0 Å². The maximum Gasteiger partial charge on any atom is 0.419 e. The van der Waals surface area contributed by atoms with Gasteiger partial charge in [-0.1, -0.05) is 18.2 Å². The second-order valence-electron chi connectivity index (χ2n) is 3.57. The first kappa shape index (κ1) is 10.7. The molecule has 1 aliphatic heterocycles. The third kappa shape index (κ3) is 2.61. The zero-order valence-electron chi connectivity index (χ0n) is 8.74. The van der Waals surface area contributed by atoms with Crippen LogP contribution in [0.4, 0.5) is 4.79 Å². The lowest BCUT2D eigenvalue weighted by atomic mass is 10.2. The summed E-state index contributed by atoms with van der Waals surface area (Å²) in [5, 5.41) is 9.23. The second kappa shape index (κ2) is 4.81. The van der Waals surface area contributed by atoms with E-state index >= 15 is 0 Å². The minimum Gasteiger partial charge on any atom is -0.410 e. The highest BCUT2D eigenvalue weighted by atomic mass is 16.6. The monoisotopic (exact) mass is 219 g/mol. The molecular weight excluding hydrogens is 206 g/mol. The van der Waals surface area contributed by atoms with Crippen molar-refractivity contribution in [3.05, 3.63) is 42.6 Å². The minimum atomic E-state index is -0.458. The van der Waals surface area contributed by atoms with Gasteiger partial charge in [0.2, 0.25) is 0 Å². The van der Waals surface area contributed by atoms with Gasteiger partial charge >= 0.3 is 6.09 Å². The number of hydrogen-bond donors (Lipinski definition) is 1. The van der Waals surface area contributed by atoms with E-state index in [1.54, 1.807) is 36.5 Å². The van der Waals surface area contributed by atoms with Crippen LogP contribution in [0.5, 0.6) is 5.75 Å². The van der Waals surface area contributed by atoms with Crippen molar-refractivity contribution in [1.82, 2.24) is 4.90 Å². The predicted octanol–water partition coefficient (Wildman–Crippen LogP) is 1.77. The number of rotatable bonds is 1. The second-order valence-corrected chi connectivity index (χ2v) is 3.57. The van der Waals surface area contributed by atoms with Crippen LogP contribution < -0.4 is 4.74 Å². The van der Waals surface area contributed by atoms with Crippen LogP contribution >= 0.6 is 0 Å². The Hall–Kier alpha value is -1.81. The lowest BCUT2D eigenvalue weighted by Crippen LogP contribution is -2.34. The Kier molecular flexibility index (Phi) is 3.22. The average molecular weight is 219 g/mol. The van der Waals surface area contributed by atoms with E-state index in [0.717, 1.165) is 0 Å². The number of carbonyl (C=O) groups excluding carboxylic acids is 1. The molecule has 1 amide bonds. The third-order valence-corrected chi connectivity index (χ3v) is 2.34. The number of carbonyl (C=O) groups is 1. The summed E-state index contributed by atoms with van der Waals surface area (Å²) in [5.41, 5.74) is 0. The van der Waals surface area contributed by atoms with Gasteiger partial charge in [0.1, 0.15) is 5.75 Å². The van der Waals surface area contributed by atoms with Gasteiger partial charge in [0.05, 0.1) is 6.10 Å². The number of para-hydroxylation sites is 1. The summed E-state index contributed by atoms with van der Waals surface area (Å²) < 4.78 is 5.14. The van der Waals surface area contributed by atoms with E-state index in [2.05, 4.69) is 0 Å². The van der Waals surface area contributed by atoms with E-state index in [-0.39, 0.29) is 0 Å². The number of aliphatic hydroxyl groups is 1. The average Bonchev–Trinajstić information content (AvgIpc) is 2.31. The van der Waals surface area contributed by atoms with Gasteiger partial charge in [-0.25, -0.2) is 4.79 Å². The molecule has 16 heavy (non-hydrogen) atoms. The van der Waals surface area contributed by atoms with Gasteiger partial charge in [-0.05, 0) is 24.6 Å². The molecule has 1 unspecified atom stereocenters. The first-order chi connectivity index (χ1) is 7.75. The molecule has 4 heteroatoms. The van der Waals surface area contributed by atoms with E-state index in [9.17, 15) is 9.90 Å². The summed E-state index contributed by atoms with van der Waals surface area (Å²) in [6, 6.07) is 8.91. The standard InChI is InChI=1S/C12H13NO3/c14-10-6-8-13(9-7-10)12(15)16-11-4-2-1-3-5-11/h1-6,8,10,14H,7,9H2. The molecule has 1 aliphatic rings. The van der Waals surface area contributed by atoms with Gasteiger partial charge in [-0.2, -0.15) is 0 Å². The van der Waals surface area contributed by atoms with Gasteiger partial charge in [0.15, 0.2) is 0 Å². The number of amides is 1. The molecule has 0 spiro atoms. The van der Waals surface area contributed by atoms with Crippen molar-refractivity contribution < 1.29 is 14.6 Å². The fourth-order valence-corrected chi connectivity index (χ4v) is 1.45. The van der Waals surface area contributed by atoms with E-state index in [0.29, 0.717) is 18.7 Å². The SMILES string of the molecule is O=C(Oc1ccccc1)N1C=CC(O)CC1. The number of aliphatic hydroxyl groups excluding tert-OH is 1. The quantitative estimate of drug-likeness (QED) is 0.783. The molecule has 4 nitrogen and oxygen atoms in total. The van der Waals surface area contributed by atoms with Crippen molar-refractivity contribution in [1.29, 1.82) is 0 Å².